The smallest absolute Gasteiger partial charge is 0.276 e. The summed E-state index contributed by atoms with van der Waals surface area (Å²) in [6.45, 7) is 0.347. The Morgan fingerprint density at radius 1 is 1.23 bits per heavy atom. The Labute approximate surface area is 149 Å². The van der Waals surface area contributed by atoms with Crippen molar-refractivity contribution in [2.45, 2.75) is 6.54 Å². The van der Waals surface area contributed by atoms with Gasteiger partial charge in [-0.15, -0.1) is 0 Å². The number of carbonyl (C=O) groups excluding carboxylic acids is 1. The monoisotopic (exact) mass is 351 g/mol. The molecule has 1 aromatic carbocycles. The van der Waals surface area contributed by atoms with Gasteiger partial charge in [-0.3, -0.25) is 9.59 Å². The number of hydrogen-bond donors (Lipinski definition) is 1. The molecule has 132 valence electrons. The Hall–Kier alpha value is -3.61. The van der Waals surface area contributed by atoms with E-state index in [-0.39, 0.29) is 5.56 Å². The SMILES string of the molecule is COc1ccc(Cn2cccc(C(=O)N/N=C\c3ccco3)c2=O)cc1. The van der Waals surface area contributed by atoms with Crippen LogP contribution in [0.15, 0.2) is 75.3 Å². The first-order valence-electron chi connectivity index (χ1n) is 7.86. The molecule has 0 saturated carbocycles. The maximum absolute atomic E-state index is 12.5. The van der Waals surface area contributed by atoms with Crippen molar-refractivity contribution in [3.63, 3.8) is 0 Å². The van der Waals surface area contributed by atoms with Crippen molar-refractivity contribution in [3.8, 4) is 5.75 Å². The number of hydrogen-bond acceptors (Lipinski definition) is 5. The third kappa shape index (κ3) is 4.07. The summed E-state index contributed by atoms with van der Waals surface area (Å²) in [4.78, 5) is 24.7. The number of methoxy groups -OCH3 is 1. The summed E-state index contributed by atoms with van der Waals surface area (Å²) in [7, 11) is 1.59. The van der Waals surface area contributed by atoms with Crippen molar-refractivity contribution >= 4 is 12.1 Å². The van der Waals surface area contributed by atoms with E-state index in [1.807, 2.05) is 24.3 Å². The van der Waals surface area contributed by atoms with E-state index >= 15 is 0 Å². The van der Waals surface area contributed by atoms with E-state index < -0.39 is 11.5 Å². The van der Waals surface area contributed by atoms with Gasteiger partial charge in [0.25, 0.3) is 11.5 Å². The second kappa shape index (κ2) is 7.98. The number of rotatable bonds is 6. The van der Waals surface area contributed by atoms with E-state index in [0.717, 1.165) is 11.3 Å². The first-order valence-corrected chi connectivity index (χ1v) is 7.86. The maximum Gasteiger partial charge on any atom is 0.276 e. The third-order valence-corrected chi connectivity index (χ3v) is 3.68. The molecule has 0 unspecified atom stereocenters. The second-order valence-corrected chi connectivity index (χ2v) is 5.42. The Balaban J connectivity index is 1.73. The maximum atomic E-state index is 12.5. The highest BCUT2D eigenvalue weighted by molar-refractivity contribution is 5.94. The number of benzene rings is 1. The second-order valence-electron chi connectivity index (χ2n) is 5.42. The van der Waals surface area contributed by atoms with E-state index in [0.29, 0.717) is 12.3 Å². The van der Waals surface area contributed by atoms with Crippen LogP contribution in [0.1, 0.15) is 21.7 Å². The molecule has 2 heterocycles. The van der Waals surface area contributed by atoms with Gasteiger partial charge in [-0.25, -0.2) is 5.43 Å². The van der Waals surface area contributed by atoms with Gasteiger partial charge in [0.05, 0.1) is 26.1 Å². The minimum Gasteiger partial charge on any atom is -0.497 e. The molecule has 0 atom stereocenters. The summed E-state index contributed by atoms with van der Waals surface area (Å²) in [6, 6.07) is 13.9. The van der Waals surface area contributed by atoms with Crippen LogP contribution in [0.25, 0.3) is 0 Å². The fraction of sp³-hybridized carbons (Fsp3) is 0.105. The lowest BCUT2D eigenvalue weighted by molar-refractivity contribution is 0.0953. The molecule has 1 amide bonds. The molecule has 0 aliphatic carbocycles. The lowest BCUT2D eigenvalue weighted by Gasteiger charge is -2.08. The number of carbonyl (C=O) groups is 1. The van der Waals surface area contributed by atoms with Crippen LogP contribution in [0, 0.1) is 0 Å². The van der Waals surface area contributed by atoms with E-state index in [9.17, 15) is 9.59 Å². The van der Waals surface area contributed by atoms with Crippen LogP contribution < -0.4 is 15.7 Å². The highest BCUT2D eigenvalue weighted by atomic mass is 16.5. The van der Waals surface area contributed by atoms with Crippen LogP contribution >= 0.6 is 0 Å². The predicted molar refractivity (Wildman–Crippen MR) is 96.6 cm³/mol. The van der Waals surface area contributed by atoms with Crippen LogP contribution in [0.5, 0.6) is 5.75 Å². The van der Waals surface area contributed by atoms with Gasteiger partial charge >= 0.3 is 0 Å². The van der Waals surface area contributed by atoms with Crippen molar-refractivity contribution in [3.05, 3.63) is 88.2 Å². The van der Waals surface area contributed by atoms with Gasteiger partial charge in [-0.05, 0) is 42.0 Å². The summed E-state index contributed by atoms with van der Waals surface area (Å²) in [6.07, 6.45) is 4.49. The Bertz CT molecular complexity index is 957. The van der Waals surface area contributed by atoms with Crippen LogP contribution in [0.2, 0.25) is 0 Å². The molecule has 0 saturated heterocycles. The fourth-order valence-electron chi connectivity index (χ4n) is 2.34. The standard InChI is InChI=1S/C19H17N3O4/c1-25-15-8-6-14(7-9-15)13-22-10-2-5-17(19(22)24)18(23)21-20-12-16-4-3-11-26-16/h2-12H,13H2,1H3,(H,21,23)/b20-12-. The Morgan fingerprint density at radius 3 is 2.73 bits per heavy atom. The van der Waals surface area contributed by atoms with Gasteiger partial charge in [0, 0.05) is 6.20 Å². The minimum atomic E-state index is -0.582. The van der Waals surface area contributed by atoms with Gasteiger partial charge in [0.15, 0.2) is 0 Å². The van der Waals surface area contributed by atoms with Crippen molar-refractivity contribution in [1.29, 1.82) is 0 Å². The summed E-state index contributed by atoms with van der Waals surface area (Å²) >= 11 is 0. The number of hydrazone groups is 1. The molecule has 0 bridgehead atoms. The zero-order valence-corrected chi connectivity index (χ0v) is 14.1. The number of pyridine rings is 1. The highest BCUT2D eigenvalue weighted by Crippen LogP contribution is 2.11. The molecule has 26 heavy (non-hydrogen) atoms. The normalized spacial score (nSPS) is 10.8. The number of furan rings is 1. The molecule has 3 rings (SSSR count). The summed E-state index contributed by atoms with van der Waals surface area (Å²) in [5.74, 6) is 0.654. The van der Waals surface area contributed by atoms with Crippen LogP contribution in [0.3, 0.4) is 0 Å². The van der Waals surface area contributed by atoms with Crippen LogP contribution in [-0.4, -0.2) is 23.8 Å². The molecule has 7 heteroatoms. The Kier molecular flexibility index (Phi) is 5.28. The predicted octanol–water partition coefficient (Wildman–Crippen LogP) is 2.26. The number of amides is 1. The summed E-state index contributed by atoms with van der Waals surface area (Å²) < 4.78 is 11.7. The minimum absolute atomic E-state index is 0.0117. The number of nitrogens with one attached hydrogen (secondary N) is 1. The molecule has 0 spiro atoms. The van der Waals surface area contributed by atoms with Crippen molar-refractivity contribution in [2.75, 3.05) is 7.11 Å². The molecule has 2 aromatic heterocycles. The van der Waals surface area contributed by atoms with Gasteiger partial charge < -0.3 is 13.7 Å². The van der Waals surface area contributed by atoms with Gasteiger partial charge in [-0.1, -0.05) is 12.1 Å². The number of ether oxygens (including phenoxy) is 1. The lowest BCUT2D eigenvalue weighted by atomic mass is 10.2. The highest BCUT2D eigenvalue weighted by Gasteiger charge is 2.11. The average molecular weight is 351 g/mol. The van der Waals surface area contributed by atoms with Crippen molar-refractivity contribution in [2.24, 2.45) is 5.10 Å². The largest absolute Gasteiger partial charge is 0.497 e. The number of nitrogens with zero attached hydrogens (tertiary/aromatic N) is 2. The van der Waals surface area contributed by atoms with E-state index in [1.54, 1.807) is 31.5 Å². The molecule has 0 fully saturated rings. The van der Waals surface area contributed by atoms with E-state index in [2.05, 4.69) is 10.5 Å². The van der Waals surface area contributed by atoms with E-state index in [1.165, 1.54) is 23.1 Å². The summed E-state index contributed by atoms with van der Waals surface area (Å²) in [5.41, 5.74) is 2.86. The third-order valence-electron chi connectivity index (χ3n) is 3.68. The zero-order valence-electron chi connectivity index (χ0n) is 14.1. The van der Waals surface area contributed by atoms with Crippen LogP contribution in [-0.2, 0) is 6.54 Å². The van der Waals surface area contributed by atoms with Crippen LogP contribution in [0.4, 0.5) is 0 Å². The molecular weight excluding hydrogens is 334 g/mol. The Morgan fingerprint density at radius 2 is 2.04 bits per heavy atom. The van der Waals surface area contributed by atoms with Crippen molar-refractivity contribution < 1.29 is 13.9 Å². The molecule has 0 radical (unpaired) electrons. The zero-order chi connectivity index (χ0) is 18.4. The van der Waals surface area contributed by atoms with E-state index in [4.69, 9.17) is 9.15 Å². The first-order chi connectivity index (χ1) is 12.7. The molecular formula is C19H17N3O4. The quantitative estimate of drug-likeness (QED) is 0.545. The first kappa shape index (κ1) is 17.2. The lowest BCUT2D eigenvalue weighted by Crippen LogP contribution is -2.30. The molecule has 0 aliphatic heterocycles. The summed E-state index contributed by atoms with van der Waals surface area (Å²) in [5, 5.41) is 3.78. The molecule has 1 N–H and O–H groups in total. The molecule has 7 nitrogen and oxygen atoms in total. The van der Waals surface area contributed by atoms with Gasteiger partial charge in [0.1, 0.15) is 17.1 Å². The topological polar surface area (TPSA) is 85.8 Å². The molecule has 0 aliphatic rings. The average Bonchev–Trinajstić information content (AvgIpc) is 3.17. The van der Waals surface area contributed by atoms with Gasteiger partial charge in [0.2, 0.25) is 0 Å². The number of aromatic nitrogens is 1. The fourth-order valence-corrected chi connectivity index (χ4v) is 2.34. The van der Waals surface area contributed by atoms with Crippen molar-refractivity contribution in [1.82, 2.24) is 9.99 Å². The molecule has 3 aromatic rings. The van der Waals surface area contributed by atoms with Gasteiger partial charge in [-0.2, -0.15) is 5.10 Å².